The van der Waals surface area contributed by atoms with E-state index >= 15 is 0 Å². The molecule has 4 heterocycles. The van der Waals surface area contributed by atoms with Crippen LogP contribution >= 0.6 is 0 Å². The maximum atomic E-state index is 14.3. The van der Waals surface area contributed by atoms with Crippen LogP contribution < -0.4 is 9.44 Å². The molecule has 4 aliphatic carbocycles. The average molecular weight is 1720 g/mol. The molecule has 0 aromatic rings. The fourth-order valence-electron chi connectivity index (χ4n) is 17.3. The molecular formula is C87H139N5O25S2. The molecule has 19 atom stereocenters. The topological polar surface area (TPSA) is 426 Å². The first-order valence-corrected chi connectivity index (χ1v) is 45.5. The van der Waals surface area contributed by atoms with Gasteiger partial charge in [-0.3, -0.25) is 57.4 Å². The first-order chi connectivity index (χ1) is 55.4. The molecule has 0 aromatic carbocycles. The fourth-order valence-corrected chi connectivity index (χ4v) is 20.1. The van der Waals surface area contributed by atoms with Crippen LogP contribution in [0.15, 0.2) is 50.1 Å². The Balaban J connectivity index is 0.000000282. The Morgan fingerprint density at radius 3 is 1.52 bits per heavy atom. The van der Waals surface area contributed by atoms with E-state index in [2.05, 4.69) is 50.0 Å². The van der Waals surface area contributed by atoms with Crippen LogP contribution in [0.3, 0.4) is 0 Å². The van der Waals surface area contributed by atoms with E-state index < -0.39 is 183 Å². The highest BCUT2D eigenvalue weighted by molar-refractivity contribution is 7.91. The number of aliphatic carboxylic acids is 1. The third-order valence-corrected chi connectivity index (χ3v) is 27.4. The molecule has 8 rings (SSSR count). The summed E-state index contributed by atoms with van der Waals surface area (Å²) in [5.74, 6) is -9.96. The summed E-state index contributed by atoms with van der Waals surface area (Å²) in [6.45, 7) is 33.7. The first kappa shape index (κ1) is 101. The zero-order valence-corrected chi connectivity index (χ0v) is 74.6. The van der Waals surface area contributed by atoms with Crippen molar-refractivity contribution in [1.82, 2.24) is 24.1 Å². The van der Waals surface area contributed by atoms with Gasteiger partial charge in [0.1, 0.15) is 22.8 Å². The molecule has 3 unspecified atom stereocenters. The summed E-state index contributed by atoms with van der Waals surface area (Å²) in [6.07, 6.45) is 14.3. The van der Waals surface area contributed by atoms with Crippen LogP contribution in [-0.2, 0) is 101 Å². The number of methoxy groups -OCH3 is 3. The number of fused-ring (bicyclic) bond motifs is 2. The molecule has 674 valence electrons. The molecule has 6 N–H and O–H groups in total. The SMILES string of the molecule is C=CCCC(C)C[C@@H](COC)[C@H](CC(=O)OC(C)(C)C)C(=O)N1C[C@H](O)C[C@H]1C(=O)C[C@]1(C(=O)NS(=O)(=O)C2CC2)C[C@H]1C=C.C=CCCC(C)C[C@@H](COC)[C@H](CC(=O)OC(C)(C)C)C(=O)N1C[C@H](O)C[C@H]1C(=O)O.COC[C@@H]1CC(C)CC/C=C\[C@@H]2C[C@@]2(C(=O)NS(=O)(=O)C2CC2)CC(=O)[C@@H]2C[C@@H](O)CN2C(=O)[C@H]1CC(=O)OC(C)(C)C. The molecule has 0 aromatic heterocycles. The van der Waals surface area contributed by atoms with Crippen LogP contribution in [0.25, 0.3) is 0 Å². The number of β-amino-alcohol motifs (C(OH)–C–C–N with tert-alkyl or cyclic N) is 2. The number of sulfonamides is 2. The minimum Gasteiger partial charge on any atom is -0.480 e. The number of nitrogens with one attached hydrogen (secondary N) is 2. The number of likely N-dealkylation sites (tertiary alicyclic amines) is 2. The number of carboxylic acids is 1. The highest BCUT2D eigenvalue weighted by Gasteiger charge is 2.63. The lowest BCUT2D eigenvalue weighted by Crippen LogP contribution is -2.48. The lowest BCUT2D eigenvalue weighted by atomic mass is 9.81. The molecule has 32 heteroatoms. The van der Waals surface area contributed by atoms with Gasteiger partial charge < -0.3 is 63.5 Å². The number of esters is 3. The van der Waals surface area contributed by atoms with E-state index in [4.69, 9.17) is 28.4 Å². The van der Waals surface area contributed by atoms with Crippen molar-refractivity contribution in [2.24, 2.45) is 75.9 Å². The van der Waals surface area contributed by atoms with Gasteiger partial charge >= 0.3 is 23.9 Å². The van der Waals surface area contributed by atoms with Gasteiger partial charge in [-0.1, -0.05) is 51.2 Å². The maximum Gasteiger partial charge on any atom is 0.326 e. The van der Waals surface area contributed by atoms with Crippen molar-refractivity contribution in [3.05, 3.63) is 50.1 Å². The number of aliphatic hydroxyl groups is 3. The van der Waals surface area contributed by atoms with Crippen molar-refractivity contribution in [2.75, 3.05) is 60.8 Å². The molecular weight excluding hydrogens is 1580 g/mol. The number of hydrogen-bond donors (Lipinski definition) is 6. The van der Waals surface area contributed by atoms with Gasteiger partial charge in [0, 0.05) is 92.9 Å². The Labute approximate surface area is 705 Å². The first-order valence-electron chi connectivity index (χ1n) is 42.4. The molecule has 0 spiro atoms. The van der Waals surface area contributed by atoms with Crippen molar-refractivity contribution in [3.8, 4) is 0 Å². The molecule has 8 aliphatic rings. The summed E-state index contributed by atoms with van der Waals surface area (Å²) in [5, 5.41) is 39.6. The number of hydrogen-bond acceptors (Lipinski definition) is 24. The molecule has 5 amide bonds. The Morgan fingerprint density at radius 1 is 0.622 bits per heavy atom. The summed E-state index contributed by atoms with van der Waals surface area (Å²) in [7, 11) is -3.03. The van der Waals surface area contributed by atoms with Gasteiger partial charge in [0.25, 0.3) is 0 Å². The van der Waals surface area contributed by atoms with Gasteiger partial charge in [0.2, 0.25) is 49.6 Å². The zero-order chi connectivity index (χ0) is 89.3. The number of allylic oxidation sites excluding steroid dienone is 5. The normalized spacial score (nSPS) is 28.4. The summed E-state index contributed by atoms with van der Waals surface area (Å²) in [5.41, 5.74) is -4.72. The molecule has 3 saturated heterocycles. The molecule has 0 radical (unpaired) electrons. The lowest BCUT2D eigenvalue weighted by molar-refractivity contribution is -0.161. The van der Waals surface area contributed by atoms with Gasteiger partial charge in [-0.25, -0.2) is 21.6 Å². The minimum absolute atomic E-state index is 0.00760. The minimum atomic E-state index is -3.83. The molecule has 7 fully saturated rings. The Hall–Kier alpha value is -6.81. The van der Waals surface area contributed by atoms with Crippen molar-refractivity contribution in [3.63, 3.8) is 0 Å². The molecule has 119 heavy (non-hydrogen) atoms. The quantitative estimate of drug-likeness (QED) is 0.0193. The predicted molar refractivity (Wildman–Crippen MR) is 443 cm³/mol. The number of carbonyl (C=O) groups excluding carboxylic acids is 10. The van der Waals surface area contributed by atoms with E-state index in [0.29, 0.717) is 57.8 Å². The van der Waals surface area contributed by atoms with E-state index in [9.17, 15) is 90.0 Å². The average Bonchev–Trinajstić information content (AvgIpc) is 1.58. The highest BCUT2D eigenvalue weighted by Crippen LogP contribution is 2.59. The van der Waals surface area contributed by atoms with Crippen molar-refractivity contribution < 1.29 is 118 Å². The van der Waals surface area contributed by atoms with Gasteiger partial charge in [-0.2, -0.15) is 0 Å². The van der Waals surface area contributed by atoms with Crippen LogP contribution in [0.4, 0.5) is 0 Å². The number of amides is 5. The van der Waals surface area contributed by atoms with Crippen LogP contribution in [0, 0.1) is 75.9 Å². The molecule has 4 aliphatic heterocycles. The van der Waals surface area contributed by atoms with E-state index in [0.717, 1.165) is 32.1 Å². The van der Waals surface area contributed by atoms with Gasteiger partial charge in [-0.15, -0.1) is 19.7 Å². The number of nitrogens with zero attached hydrogens (tertiary/aromatic N) is 3. The maximum absolute atomic E-state index is 14.3. The van der Waals surface area contributed by atoms with Crippen LogP contribution in [-0.4, -0.2) is 241 Å². The van der Waals surface area contributed by atoms with Gasteiger partial charge in [0.05, 0.1) is 88.7 Å². The fraction of sp³-hybridized carbons (Fsp3) is 0.782. The Bertz CT molecular complexity index is 3840. The second-order valence-electron chi connectivity index (χ2n) is 37.9. The molecule has 30 nitrogen and oxygen atoms in total. The number of carbonyl (C=O) groups is 11. The summed E-state index contributed by atoms with van der Waals surface area (Å²) in [4.78, 5) is 151. The Morgan fingerprint density at radius 2 is 1.08 bits per heavy atom. The van der Waals surface area contributed by atoms with Crippen molar-refractivity contribution in [1.29, 1.82) is 0 Å². The monoisotopic (exact) mass is 1720 g/mol. The number of rotatable bonds is 37. The number of ketones is 2. The van der Waals surface area contributed by atoms with Crippen molar-refractivity contribution in [2.45, 2.75) is 295 Å². The predicted octanol–water partition coefficient (Wildman–Crippen LogP) is 8.46. The standard InChI is InChI=1S/C33H52N2O9S.C31H48N2O9S.C23H39NO7/c1-8-10-11-21(3)14-22(20-43-7)26(16-29(38)44-32(4,5)6)30(39)35-19-24(36)15-27(35)28(37)18-33(17-23(33)9-2)31(40)34-45(41,42)25-12-13-25;1-19-8-6-7-9-21-15-31(21,29(38)32-43(39,40)23-10-11-23)16-26(35)25-13-22(34)17-33(25)28(37)24(20(12-19)18-41-5)14-27(36)42-30(2,3)4;1-7-8-9-15(2)10-16(14-30-6)18(12-20(26)31-23(3,4)5)21(27)24-13-17(25)11-19(24)22(28)29/h8-9,21-27,36H,1-2,10-20H2,3-7H3,(H,34,40);7,9,19-25,34H,6,8,10-18H2,1-5H3,(H,32,38);7,15-19,25H,1,8-14H2,2-6H3,(H,28,29)/b;9-7-;/t21?,22-,23+,24+,26-,27-,33+;19?,20-,21+,22+,24-,25-,31+;15?,16-,17+,18-,19-/m000/s1. The largest absolute Gasteiger partial charge is 0.480 e. The van der Waals surface area contributed by atoms with Crippen LogP contribution in [0.2, 0.25) is 0 Å². The van der Waals surface area contributed by atoms with E-state index in [-0.39, 0.29) is 139 Å². The summed E-state index contributed by atoms with van der Waals surface area (Å²) < 4.78 is 87.7. The third-order valence-electron chi connectivity index (χ3n) is 23.8. The van der Waals surface area contributed by atoms with E-state index in [1.807, 2.05) is 24.3 Å². The summed E-state index contributed by atoms with van der Waals surface area (Å²) >= 11 is 0. The van der Waals surface area contributed by atoms with E-state index in [1.54, 1.807) is 75.5 Å². The number of Topliss-reactive ketones (excluding diaryl/α,β-unsaturated/α-hetero) is 2. The smallest absolute Gasteiger partial charge is 0.326 e. The van der Waals surface area contributed by atoms with Crippen LogP contribution in [0.1, 0.15) is 231 Å². The lowest BCUT2D eigenvalue weighted by Gasteiger charge is -2.34. The van der Waals surface area contributed by atoms with Crippen molar-refractivity contribution >= 4 is 85.0 Å². The number of carboxylic acid groups (broad SMARTS) is 1. The second kappa shape index (κ2) is 43.5. The number of ether oxygens (including phenoxy) is 6. The Kier molecular flexibility index (Phi) is 36.9. The highest BCUT2D eigenvalue weighted by atomic mass is 32.2. The third kappa shape index (κ3) is 30.0. The van der Waals surface area contributed by atoms with Crippen LogP contribution in [0.5, 0.6) is 0 Å². The number of aliphatic hydroxyl groups excluding tert-OH is 3. The van der Waals surface area contributed by atoms with E-state index in [1.165, 1.54) is 28.9 Å². The summed E-state index contributed by atoms with van der Waals surface area (Å²) in [6, 6.07) is -3.14. The second-order valence-corrected chi connectivity index (χ2v) is 41.9. The van der Waals surface area contributed by atoms with Gasteiger partial charge in [-0.05, 0) is 206 Å². The molecule has 0 bridgehead atoms. The molecule has 4 saturated carbocycles. The zero-order valence-electron chi connectivity index (χ0n) is 73.0. The van der Waals surface area contributed by atoms with Gasteiger partial charge in [0.15, 0.2) is 11.6 Å².